The first-order chi connectivity index (χ1) is 24.3. The quantitative estimate of drug-likeness (QED) is 0.189. The summed E-state index contributed by atoms with van der Waals surface area (Å²) in [4.78, 5) is 68.2. The van der Waals surface area contributed by atoms with Gasteiger partial charge in [-0.1, -0.05) is 0 Å². The maximum absolute atomic E-state index is 13.8. The summed E-state index contributed by atoms with van der Waals surface area (Å²) in [5.41, 5.74) is 7.39. The molecule has 7 fully saturated rings. The van der Waals surface area contributed by atoms with Crippen LogP contribution in [0.4, 0.5) is 0 Å². The molecule has 274 valence electrons. The molecule has 4 heterocycles. The summed E-state index contributed by atoms with van der Waals surface area (Å²) < 4.78 is 18.3. The number of nitrogens with zero attached hydrogens (tertiary/aromatic N) is 4. The summed E-state index contributed by atoms with van der Waals surface area (Å²) in [6, 6.07) is 3.25. The molecule has 16 heteroatoms. The number of carbonyl (C=O) groups excluding carboxylic acids is 4. The van der Waals surface area contributed by atoms with Crippen LogP contribution >= 0.6 is 0 Å². The van der Waals surface area contributed by atoms with Crippen LogP contribution in [0.3, 0.4) is 0 Å². The van der Waals surface area contributed by atoms with E-state index in [2.05, 4.69) is 11.0 Å². The third-order valence-electron chi connectivity index (χ3n) is 13.0. The molecule has 4 bridgehead atoms. The van der Waals surface area contributed by atoms with Crippen molar-refractivity contribution in [1.82, 2.24) is 14.4 Å². The van der Waals surface area contributed by atoms with Crippen LogP contribution in [0.1, 0.15) is 70.3 Å². The minimum Gasteiger partial charge on any atom is -0.419 e. The highest BCUT2D eigenvalue weighted by Gasteiger charge is 2.64. The largest absolute Gasteiger partial charge is 0.419 e. The SMILES string of the molecule is N#C[C@@H]1C[C@@H]2C[C@@H]2N1C(=O)[C@@H](N)C12CC3CC(CC(OCCN4CCC(n5c6c(ccc5=O)OC(=O)C(O)C(O)(C(N)=O)C(=O)O6)CC4)(C3)C1)C2. The number of hydrogen-bond acceptors (Lipinski definition) is 13. The number of aliphatic hydroxyl groups excluding tert-OH is 1. The normalized spacial score (nSPS) is 39.2. The molecule has 9 rings (SSSR count). The van der Waals surface area contributed by atoms with Crippen molar-refractivity contribution >= 4 is 23.8 Å². The summed E-state index contributed by atoms with van der Waals surface area (Å²) in [6.07, 6.45) is 5.64. The number of amides is 2. The minimum atomic E-state index is -3.42. The first-order valence-corrected chi connectivity index (χ1v) is 18.0. The molecule has 1 aromatic rings. The molecule has 1 aromatic heterocycles. The number of hydrogen-bond donors (Lipinski definition) is 4. The number of esters is 2. The Morgan fingerprint density at radius 2 is 1.76 bits per heavy atom. The maximum atomic E-state index is 13.8. The van der Waals surface area contributed by atoms with Gasteiger partial charge in [0, 0.05) is 37.8 Å². The van der Waals surface area contributed by atoms with Crippen LogP contribution in [0.25, 0.3) is 0 Å². The lowest BCUT2D eigenvalue weighted by molar-refractivity contribution is -0.201. The zero-order valence-electron chi connectivity index (χ0n) is 28.3. The van der Waals surface area contributed by atoms with E-state index >= 15 is 0 Å². The molecule has 8 atom stereocenters. The van der Waals surface area contributed by atoms with Gasteiger partial charge < -0.3 is 45.7 Å². The van der Waals surface area contributed by atoms with Crippen LogP contribution in [0.15, 0.2) is 16.9 Å². The fraction of sp³-hybridized carbons (Fsp3) is 0.714. The van der Waals surface area contributed by atoms with E-state index < -0.39 is 53.1 Å². The number of nitrogens with two attached hydrogens (primary N) is 2. The predicted molar refractivity (Wildman–Crippen MR) is 173 cm³/mol. The van der Waals surface area contributed by atoms with Crippen molar-refractivity contribution in [3.63, 3.8) is 0 Å². The Balaban J connectivity index is 0.911. The second-order valence-electron chi connectivity index (χ2n) is 16.1. The van der Waals surface area contributed by atoms with Gasteiger partial charge in [0.05, 0.1) is 24.3 Å². The van der Waals surface area contributed by atoms with Crippen molar-refractivity contribution in [2.45, 2.75) is 106 Å². The van der Waals surface area contributed by atoms with Crippen LogP contribution in [0.5, 0.6) is 11.6 Å². The Morgan fingerprint density at radius 3 is 2.43 bits per heavy atom. The summed E-state index contributed by atoms with van der Waals surface area (Å²) in [5, 5.41) is 30.4. The van der Waals surface area contributed by atoms with Crippen LogP contribution in [0, 0.1) is 34.5 Å². The first-order valence-electron chi connectivity index (χ1n) is 18.0. The van der Waals surface area contributed by atoms with Crippen molar-refractivity contribution in [2.75, 3.05) is 26.2 Å². The lowest BCUT2D eigenvalue weighted by Gasteiger charge is -2.63. The predicted octanol–water partition coefficient (Wildman–Crippen LogP) is -0.917. The van der Waals surface area contributed by atoms with Crippen LogP contribution in [-0.4, -0.2) is 110 Å². The van der Waals surface area contributed by atoms with Crippen molar-refractivity contribution in [3.8, 4) is 17.7 Å². The number of nitriles is 1. The summed E-state index contributed by atoms with van der Waals surface area (Å²) in [7, 11) is 0. The summed E-state index contributed by atoms with van der Waals surface area (Å²) in [6.45, 7) is 2.27. The Labute approximate surface area is 293 Å². The molecule has 4 unspecified atom stereocenters. The van der Waals surface area contributed by atoms with Gasteiger partial charge in [0.1, 0.15) is 6.04 Å². The third-order valence-corrected chi connectivity index (χ3v) is 13.0. The topological polar surface area (TPSA) is 241 Å². The molecule has 16 nitrogen and oxygen atoms in total. The number of carbonyl (C=O) groups is 4. The molecule has 51 heavy (non-hydrogen) atoms. The number of pyridine rings is 1. The fourth-order valence-corrected chi connectivity index (χ4v) is 10.8. The number of rotatable bonds is 8. The van der Waals surface area contributed by atoms with Gasteiger partial charge >= 0.3 is 11.9 Å². The molecule has 0 spiro atoms. The lowest BCUT2D eigenvalue weighted by Crippen LogP contribution is -2.65. The van der Waals surface area contributed by atoms with Gasteiger partial charge in [-0.3, -0.25) is 19.0 Å². The van der Waals surface area contributed by atoms with E-state index in [0.29, 0.717) is 56.8 Å². The van der Waals surface area contributed by atoms with E-state index in [1.807, 2.05) is 0 Å². The molecule has 3 aliphatic heterocycles. The smallest absolute Gasteiger partial charge is 0.358 e. The van der Waals surface area contributed by atoms with Crippen LogP contribution in [0.2, 0.25) is 0 Å². The third kappa shape index (κ3) is 5.47. The monoisotopic (exact) mass is 708 g/mol. The number of fused-ring (bicyclic) bond motifs is 2. The molecule has 0 radical (unpaired) electrons. The number of aromatic nitrogens is 1. The van der Waals surface area contributed by atoms with Gasteiger partial charge in [-0.15, -0.1) is 0 Å². The highest BCUT2D eigenvalue weighted by atomic mass is 16.6. The number of primary amides is 1. The Kier molecular flexibility index (Phi) is 8.11. The highest BCUT2D eigenvalue weighted by Crippen LogP contribution is 2.64. The zero-order chi connectivity index (χ0) is 36.0. The van der Waals surface area contributed by atoms with E-state index in [4.69, 9.17) is 25.7 Å². The van der Waals surface area contributed by atoms with Crippen LogP contribution in [-0.2, 0) is 23.9 Å². The standard InChI is InChI=1S/C35H44N6O10/c36-16-22-10-20-11-23(20)40(22)28(44)26(37)33-12-18-9-19(13-33)15-34(14-18,17-33)49-8-7-39-5-3-21(4-6-39)41-25(42)2-1-24-29(41)51-32(47)35(48,31(38)46)27(43)30(45)50-24/h1-2,18-23,26-27,43,48H,3-15,17,37H2,(H2,38,46)/t18?,19?,20-,22+,23+,26-,27?,33?,34?,35?/m1/s1. The zero-order valence-corrected chi connectivity index (χ0v) is 28.3. The second kappa shape index (κ2) is 12.1. The highest BCUT2D eigenvalue weighted by molar-refractivity contribution is 6.10. The molecule has 0 aromatic carbocycles. The minimum absolute atomic E-state index is 0.0643. The molecule has 5 aliphatic carbocycles. The van der Waals surface area contributed by atoms with Gasteiger partial charge in [0.2, 0.25) is 17.9 Å². The van der Waals surface area contributed by atoms with Gasteiger partial charge in [-0.2, -0.15) is 5.26 Å². The number of likely N-dealkylation sites (tertiary alicyclic amines) is 2. The average molecular weight is 709 g/mol. The molecule has 8 aliphatic rings. The number of ether oxygens (including phenoxy) is 3. The van der Waals surface area contributed by atoms with E-state index in [0.717, 1.165) is 68.1 Å². The lowest BCUT2D eigenvalue weighted by atomic mass is 9.46. The average Bonchev–Trinajstić information content (AvgIpc) is 3.76. The molecule has 2 saturated heterocycles. The Bertz CT molecular complexity index is 1750. The molecular formula is C35H44N6O10. The van der Waals surface area contributed by atoms with Crippen molar-refractivity contribution in [3.05, 3.63) is 22.5 Å². The van der Waals surface area contributed by atoms with Crippen molar-refractivity contribution < 1.29 is 43.6 Å². The van der Waals surface area contributed by atoms with Gasteiger partial charge in [-0.25, -0.2) is 9.59 Å². The van der Waals surface area contributed by atoms with Crippen LogP contribution < -0.4 is 26.5 Å². The molecular weight excluding hydrogens is 664 g/mol. The molecule has 2 amide bonds. The molecule has 5 saturated carbocycles. The van der Waals surface area contributed by atoms with Crippen molar-refractivity contribution in [2.24, 2.45) is 34.6 Å². The number of aliphatic hydroxyl groups is 2. The Hall–Kier alpha value is -3.88. The van der Waals surface area contributed by atoms with Gasteiger partial charge in [0.15, 0.2) is 5.75 Å². The van der Waals surface area contributed by atoms with Gasteiger partial charge in [0.25, 0.3) is 17.1 Å². The van der Waals surface area contributed by atoms with E-state index in [1.54, 1.807) is 4.90 Å². The second-order valence-corrected chi connectivity index (χ2v) is 16.1. The van der Waals surface area contributed by atoms with Crippen molar-refractivity contribution in [1.29, 1.82) is 5.26 Å². The number of piperidine rings is 2. The molecule has 6 N–H and O–H groups in total. The van der Waals surface area contributed by atoms with E-state index in [-0.39, 0.29) is 34.8 Å². The summed E-state index contributed by atoms with van der Waals surface area (Å²) >= 11 is 0. The summed E-state index contributed by atoms with van der Waals surface area (Å²) in [5.74, 6) is -4.44. The van der Waals surface area contributed by atoms with E-state index in [9.17, 15) is 39.4 Å². The Morgan fingerprint density at radius 1 is 1.06 bits per heavy atom. The van der Waals surface area contributed by atoms with E-state index in [1.165, 1.54) is 0 Å². The fourth-order valence-electron chi connectivity index (χ4n) is 10.8. The van der Waals surface area contributed by atoms with Gasteiger partial charge in [-0.05, 0) is 93.4 Å². The first kappa shape index (κ1) is 34.2. The maximum Gasteiger partial charge on any atom is 0.358 e.